The molecule has 2 aromatic heterocycles. The lowest BCUT2D eigenvalue weighted by Crippen LogP contribution is -2.21. The Hall–Kier alpha value is -2.77. The number of nitrogens with zero attached hydrogens (tertiary/aromatic N) is 3. The summed E-state index contributed by atoms with van der Waals surface area (Å²) in [6.45, 7) is 8.03. The van der Waals surface area contributed by atoms with Crippen molar-refractivity contribution in [2.24, 2.45) is 0 Å². The molecule has 4 rings (SSSR count). The molecule has 0 saturated carbocycles. The molecule has 2 heterocycles. The van der Waals surface area contributed by atoms with Crippen molar-refractivity contribution in [3.8, 4) is 5.69 Å². The number of hydrogen-bond donors (Lipinski definition) is 1. The van der Waals surface area contributed by atoms with Gasteiger partial charge in [0.2, 0.25) is 0 Å². The van der Waals surface area contributed by atoms with Crippen LogP contribution in [0.25, 0.3) is 16.6 Å². The number of carbonyl (C=O) groups is 1. The molecule has 0 spiro atoms. The highest BCUT2D eigenvalue weighted by molar-refractivity contribution is 7.99. The van der Waals surface area contributed by atoms with Crippen LogP contribution in [0.5, 0.6) is 0 Å². The average molecular weight is 458 g/mol. The molecule has 0 amide bonds. The predicted octanol–water partition coefficient (Wildman–Crippen LogP) is 6.53. The zero-order valence-electron chi connectivity index (χ0n) is 17.5. The van der Waals surface area contributed by atoms with E-state index < -0.39 is 11.8 Å². The van der Waals surface area contributed by atoms with Crippen LogP contribution in [-0.4, -0.2) is 25.4 Å². The zero-order chi connectivity index (χ0) is 22.5. The lowest BCUT2D eigenvalue weighted by molar-refractivity contribution is 0.0696. The maximum absolute atomic E-state index is 15.2. The molecular formula is C23H21ClFN3O2S. The van der Waals surface area contributed by atoms with Gasteiger partial charge in [-0.2, -0.15) is 5.10 Å². The zero-order valence-corrected chi connectivity index (χ0v) is 19.1. The fourth-order valence-corrected chi connectivity index (χ4v) is 4.70. The lowest BCUT2D eigenvalue weighted by atomic mass is 10.1. The Morgan fingerprint density at radius 2 is 1.97 bits per heavy atom. The molecule has 31 heavy (non-hydrogen) atoms. The number of rotatable bonds is 4. The number of fused-ring (bicyclic) bond motifs is 1. The van der Waals surface area contributed by atoms with Crippen LogP contribution < -0.4 is 0 Å². The van der Waals surface area contributed by atoms with Crippen molar-refractivity contribution >= 4 is 40.2 Å². The van der Waals surface area contributed by atoms with E-state index >= 15 is 4.39 Å². The van der Waals surface area contributed by atoms with Gasteiger partial charge in [-0.15, -0.1) is 0 Å². The van der Waals surface area contributed by atoms with Crippen LogP contribution in [0.2, 0.25) is 5.02 Å². The normalized spacial score (nSPS) is 11.9. The minimum atomic E-state index is -0.992. The molecule has 0 unspecified atom stereocenters. The Balaban J connectivity index is 1.93. The van der Waals surface area contributed by atoms with Gasteiger partial charge in [-0.05, 0) is 58.0 Å². The van der Waals surface area contributed by atoms with E-state index in [9.17, 15) is 9.90 Å². The number of aromatic nitrogens is 3. The van der Waals surface area contributed by atoms with Gasteiger partial charge >= 0.3 is 5.97 Å². The summed E-state index contributed by atoms with van der Waals surface area (Å²) in [5.74, 6) is -1.49. The molecular weight excluding hydrogens is 437 g/mol. The number of aromatic carboxylic acids is 1. The molecule has 0 atom stereocenters. The second-order valence-corrected chi connectivity index (χ2v) is 9.75. The Labute approximate surface area is 188 Å². The van der Waals surface area contributed by atoms with Crippen LogP contribution in [0.1, 0.15) is 36.8 Å². The fraction of sp³-hybridized carbons (Fsp3) is 0.217. The topological polar surface area (TPSA) is 60.0 Å². The van der Waals surface area contributed by atoms with Gasteiger partial charge in [-0.3, -0.25) is 4.68 Å². The predicted molar refractivity (Wildman–Crippen MR) is 121 cm³/mol. The first-order valence-corrected chi connectivity index (χ1v) is 10.8. The summed E-state index contributed by atoms with van der Waals surface area (Å²) in [5.41, 5.74) is 1.89. The molecule has 0 bridgehead atoms. The van der Waals surface area contributed by atoms with Crippen molar-refractivity contribution in [3.05, 3.63) is 70.9 Å². The Kier molecular flexibility index (Phi) is 5.35. The van der Waals surface area contributed by atoms with E-state index in [2.05, 4.69) is 5.10 Å². The third kappa shape index (κ3) is 3.83. The molecule has 0 fully saturated rings. The average Bonchev–Trinajstić information content (AvgIpc) is 3.29. The highest BCUT2D eigenvalue weighted by Gasteiger charge is 2.23. The van der Waals surface area contributed by atoms with E-state index in [0.29, 0.717) is 10.9 Å². The van der Waals surface area contributed by atoms with Gasteiger partial charge in [0.1, 0.15) is 0 Å². The van der Waals surface area contributed by atoms with Crippen molar-refractivity contribution in [3.63, 3.8) is 0 Å². The number of carboxylic acid groups (broad SMARTS) is 1. The van der Waals surface area contributed by atoms with E-state index in [-0.39, 0.29) is 16.1 Å². The molecule has 0 saturated heterocycles. The van der Waals surface area contributed by atoms with Crippen LogP contribution >= 0.6 is 23.4 Å². The standard InChI is InChI=1S/C23H21ClFN3O2S/c1-13-21(31-16-7-5-6-14(10-16)22(29)30)17-8-9-18(24)19(25)20(17)28(13)15-11-26-27(12-15)23(2,3)4/h5-12H,1-4H3,(H,29,30). The first kappa shape index (κ1) is 21.5. The van der Waals surface area contributed by atoms with Gasteiger partial charge < -0.3 is 9.67 Å². The van der Waals surface area contributed by atoms with Crippen molar-refractivity contribution in [1.29, 1.82) is 0 Å². The van der Waals surface area contributed by atoms with Crippen molar-refractivity contribution < 1.29 is 14.3 Å². The third-order valence-corrected chi connectivity index (χ3v) is 6.52. The number of benzene rings is 2. The Morgan fingerprint density at radius 1 is 1.23 bits per heavy atom. The quantitative estimate of drug-likeness (QED) is 0.378. The van der Waals surface area contributed by atoms with Crippen LogP contribution in [0.4, 0.5) is 4.39 Å². The van der Waals surface area contributed by atoms with E-state index in [1.54, 1.807) is 36.5 Å². The highest BCUT2D eigenvalue weighted by atomic mass is 35.5. The van der Waals surface area contributed by atoms with Gasteiger partial charge in [0, 0.05) is 27.1 Å². The monoisotopic (exact) mass is 457 g/mol. The van der Waals surface area contributed by atoms with E-state index in [1.807, 2.05) is 49.2 Å². The van der Waals surface area contributed by atoms with Gasteiger partial charge in [-0.25, -0.2) is 9.18 Å². The SMILES string of the molecule is Cc1c(Sc2cccc(C(=O)O)c2)c2ccc(Cl)c(F)c2n1-c1cnn(C(C)(C)C)c1. The van der Waals surface area contributed by atoms with Crippen molar-refractivity contribution in [2.75, 3.05) is 0 Å². The second-order valence-electron chi connectivity index (χ2n) is 8.26. The minimum Gasteiger partial charge on any atom is -0.478 e. The fourth-order valence-electron chi connectivity index (χ4n) is 3.46. The van der Waals surface area contributed by atoms with Crippen molar-refractivity contribution in [1.82, 2.24) is 14.3 Å². The number of carboxylic acids is 1. The molecule has 0 aliphatic carbocycles. The van der Waals surface area contributed by atoms with Crippen LogP contribution in [0, 0.1) is 12.7 Å². The molecule has 5 nitrogen and oxygen atoms in total. The molecule has 8 heteroatoms. The molecule has 4 aromatic rings. The maximum atomic E-state index is 15.2. The molecule has 0 radical (unpaired) electrons. The third-order valence-electron chi connectivity index (χ3n) is 5.02. The maximum Gasteiger partial charge on any atom is 0.335 e. The summed E-state index contributed by atoms with van der Waals surface area (Å²) < 4.78 is 18.9. The summed E-state index contributed by atoms with van der Waals surface area (Å²) in [6, 6.07) is 10.0. The van der Waals surface area contributed by atoms with Gasteiger partial charge in [0.15, 0.2) is 5.82 Å². The molecule has 0 aliphatic rings. The molecule has 0 aliphatic heterocycles. The summed E-state index contributed by atoms with van der Waals surface area (Å²) in [5, 5.41) is 14.5. The Bertz CT molecular complexity index is 1320. The van der Waals surface area contributed by atoms with Crippen LogP contribution in [0.3, 0.4) is 0 Å². The molecule has 2 aromatic carbocycles. The smallest absolute Gasteiger partial charge is 0.335 e. The highest BCUT2D eigenvalue weighted by Crippen LogP contribution is 2.42. The van der Waals surface area contributed by atoms with Crippen LogP contribution in [-0.2, 0) is 5.54 Å². The van der Waals surface area contributed by atoms with E-state index in [0.717, 1.165) is 21.2 Å². The summed E-state index contributed by atoms with van der Waals surface area (Å²) in [7, 11) is 0. The largest absolute Gasteiger partial charge is 0.478 e. The van der Waals surface area contributed by atoms with Gasteiger partial charge in [0.05, 0.1) is 33.5 Å². The van der Waals surface area contributed by atoms with Gasteiger partial charge in [0.25, 0.3) is 0 Å². The summed E-state index contributed by atoms with van der Waals surface area (Å²) in [6.07, 6.45) is 3.59. The lowest BCUT2D eigenvalue weighted by Gasteiger charge is -2.18. The number of halogens is 2. The van der Waals surface area contributed by atoms with E-state index in [4.69, 9.17) is 11.6 Å². The minimum absolute atomic E-state index is 0.0406. The number of hydrogen-bond acceptors (Lipinski definition) is 3. The summed E-state index contributed by atoms with van der Waals surface area (Å²) in [4.78, 5) is 12.9. The van der Waals surface area contributed by atoms with Crippen molar-refractivity contribution in [2.45, 2.75) is 43.0 Å². The first-order valence-electron chi connectivity index (χ1n) is 9.63. The van der Waals surface area contributed by atoms with Crippen LogP contribution in [0.15, 0.2) is 58.6 Å². The first-order chi connectivity index (χ1) is 14.6. The Morgan fingerprint density at radius 3 is 2.61 bits per heavy atom. The molecule has 1 N–H and O–H groups in total. The molecule has 160 valence electrons. The second kappa shape index (κ2) is 7.73. The van der Waals surface area contributed by atoms with Gasteiger partial charge in [-0.1, -0.05) is 29.4 Å². The summed E-state index contributed by atoms with van der Waals surface area (Å²) >= 11 is 7.52. The van der Waals surface area contributed by atoms with E-state index in [1.165, 1.54) is 11.8 Å².